The standard InChI is InChI=1S/C15H12F2O/c1-9-3-4-11(5-10(9)2)15(18)12-6-13(16)8-14(17)7-12/h3-8H,1-2H3. The molecule has 0 radical (unpaired) electrons. The molecule has 18 heavy (non-hydrogen) atoms. The van der Waals surface area contributed by atoms with E-state index >= 15 is 0 Å². The highest BCUT2D eigenvalue weighted by molar-refractivity contribution is 6.09. The third kappa shape index (κ3) is 2.45. The number of rotatable bonds is 2. The van der Waals surface area contributed by atoms with Gasteiger partial charge in [0.1, 0.15) is 11.6 Å². The smallest absolute Gasteiger partial charge is 0.193 e. The molecule has 0 heterocycles. The van der Waals surface area contributed by atoms with Gasteiger partial charge in [0, 0.05) is 17.2 Å². The molecule has 2 rings (SSSR count). The van der Waals surface area contributed by atoms with E-state index in [1.165, 1.54) is 0 Å². The van der Waals surface area contributed by atoms with Gasteiger partial charge in [-0.25, -0.2) is 8.78 Å². The Morgan fingerprint density at radius 2 is 1.44 bits per heavy atom. The molecule has 0 bridgehead atoms. The van der Waals surface area contributed by atoms with Gasteiger partial charge in [0.15, 0.2) is 5.78 Å². The summed E-state index contributed by atoms with van der Waals surface area (Å²) >= 11 is 0. The molecule has 2 aromatic rings. The van der Waals surface area contributed by atoms with Gasteiger partial charge in [0.2, 0.25) is 0 Å². The number of carbonyl (C=O) groups excluding carboxylic acids is 1. The summed E-state index contributed by atoms with van der Waals surface area (Å²) in [6.45, 7) is 3.82. The number of carbonyl (C=O) groups is 1. The van der Waals surface area contributed by atoms with Gasteiger partial charge in [-0.1, -0.05) is 12.1 Å². The number of hydrogen-bond donors (Lipinski definition) is 0. The number of ketones is 1. The molecule has 0 aromatic heterocycles. The van der Waals surface area contributed by atoms with Gasteiger partial charge in [0.25, 0.3) is 0 Å². The van der Waals surface area contributed by atoms with Crippen molar-refractivity contribution in [3.8, 4) is 0 Å². The monoisotopic (exact) mass is 246 g/mol. The topological polar surface area (TPSA) is 17.1 Å². The molecule has 0 aliphatic carbocycles. The Hall–Kier alpha value is -2.03. The van der Waals surface area contributed by atoms with Gasteiger partial charge in [-0.05, 0) is 43.2 Å². The van der Waals surface area contributed by atoms with Crippen molar-refractivity contribution in [2.75, 3.05) is 0 Å². The van der Waals surface area contributed by atoms with Crippen LogP contribution in [-0.2, 0) is 0 Å². The fraction of sp³-hybridized carbons (Fsp3) is 0.133. The van der Waals surface area contributed by atoms with E-state index in [9.17, 15) is 13.6 Å². The number of hydrogen-bond acceptors (Lipinski definition) is 1. The molecule has 0 saturated heterocycles. The van der Waals surface area contributed by atoms with Crippen LogP contribution in [0.5, 0.6) is 0 Å². The summed E-state index contributed by atoms with van der Waals surface area (Å²) in [6.07, 6.45) is 0. The Bertz CT molecular complexity index is 598. The second kappa shape index (κ2) is 4.69. The molecule has 0 amide bonds. The zero-order chi connectivity index (χ0) is 13.3. The quantitative estimate of drug-likeness (QED) is 0.736. The lowest BCUT2D eigenvalue weighted by molar-refractivity contribution is 0.103. The average molecular weight is 246 g/mol. The minimum absolute atomic E-state index is 0.0238. The maximum atomic E-state index is 13.1. The summed E-state index contributed by atoms with van der Waals surface area (Å²) in [5, 5.41) is 0. The van der Waals surface area contributed by atoms with Gasteiger partial charge in [-0.2, -0.15) is 0 Å². The Balaban J connectivity index is 2.44. The van der Waals surface area contributed by atoms with E-state index < -0.39 is 11.6 Å². The van der Waals surface area contributed by atoms with Crippen molar-refractivity contribution in [2.45, 2.75) is 13.8 Å². The minimum atomic E-state index is -0.748. The first-order chi connectivity index (χ1) is 8.47. The van der Waals surface area contributed by atoms with Crippen LogP contribution in [0, 0.1) is 25.5 Å². The molecule has 0 N–H and O–H groups in total. The first kappa shape index (κ1) is 12.4. The molecule has 2 aromatic carbocycles. The van der Waals surface area contributed by atoms with Crippen LogP contribution >= 0.6 is 0 Å². The second-order valence-corrected chi connectivity index (χ2v) is 4.29. The molecule has 0 fully saturated rings. The summed E-state index contributed by atoms with van der Waals surface area (Å²) in [6, 6.07) is 8.03. The summed E-state index contributed by atoms with van der Waals surface area (Å²) < 4.78 is 26.1. The van der Waals surface area contributed by atoms with Gasteiger partial charge >= 0.3 is 0 Å². The fourth-order valence-corrected chi connectivity index (χ4v) is 1.73. The maximum Gasteiger partial charge on any atom is 0.193 e. The Labute approximate surface area is 104 Å². The van der Waals surface area contributed by atoms with Crippen molar-refractivity contribution in [2.24, 2.45) is 0 Å². The van der Waals surface area contributed by atoms with Crippen LogP contribution in [-0.4, -0.2) is 5.78 Å². The predicted molar refractivity (Wildman–Crippen MR) is 65.7 cm³/mol. The van der Waals surface area contributed by atoms with Crippen molar-refractivity contribution in [3.63, 3.8) is 0 Å². The first-order valence-corrected chi connectivity index (χ1v) is 5.55. The van der Waals surface area contributed by atoms with E-state index in [1.54, 1.807) is 12.1 Å². The predicted octanol–water partition coefficient (Wildman–Crippen LogP) is 3.81. The highest BCUT2D eigenvalue weighted by Gasteiger charge is 2.12. The maximum absolute atomic E-state index is 13.1. The van der Waals surface area contributed by atoms with E-state index in [0.29, 0.717) is 5.56 Å². The molecule has 0 spiro atoms. The second-order valence-electron chi connectivity index (χ2n) is 4.29. The lowest BCUT2D eigenvalue weighted by Crippen LogP contribution is -2.03. The third-order valence-electron chi connectivity index (χ3n) is 2.89. The normalized spacial score (nSPS) is 10.4. The molecule has 1 nitrogen and oxygen atoms in total. The Morgan fingerprint density at radius 1 is 0.833 bits per heavy atom. The highest BCUT2D eigenvalue weighted by atomic mass is 19.1. The summed E-state index contributed by atoms with van der Waals surface area (Å²) in [7, 11) is 0. The number of aryl methyl sites for hydroxylation is 2. The van der Waals surface area contributed by atoms with E-state index in [-0.39, 0.29) is 11.3 Å². The molecule has 3 heteroatoms. The van der Waals surface area contributed by atoms with Gasteiger partial charge in [0.05, 0.1) is 0 Å². The van der Waals surface area contributed by atoms with Crippen LogP contribution in [0.15, 0.2) is 36.4 Å². The van der Waals surface area contributed by atoms with E-state index in [2.05, 4.69) is 0 Å². The van der Waals surface area contributed by atoms with Crippen LogP contribution in [0.4, 0.5) is 8.78 Å². The zero-order valence-corrected chi connectivity index (χ0v) is 10.1. The van der Waals surface area contributed by atoms with Crippen molar-refractivity contribution in [1.29, 1.82) is 0 Å². The average Bonchev–Trinajstić information content (AvgIpc) is 2.30. The van der Waals surface area contributed by atoms with E-state index in [1.807, 2.05) is 19.9 Å². The molecule has 0 saturated carbocycles. The molecule has 0 aliphatic heterocycles. The molecule has 0 atom stereocenters. The van der Waals surface area contributed by atoms with Gasteiger partial charge < -0.3 is 0 Å². The molecule has 0 unspecified atom stereocenters. The third-order valence-corrected chi connectivity index (χ3v) is 2.89. The van der Waals surface area contributed by atoms with E-state index in [4.69, 9.17) is 0 Å². The molecule has 92 valence electrons. The fourth-order valence-electron chi connectivity index (χ4n) is 1.73. The first-order valence-electron chi connectivity index (χ1n) is 5.55. The lowest BCUT2D eigenvalue weighted by Gasteiger charge is -2.05. The SMILES string of the molecule is Cc1ccc(C(=O)c2cc(F)cc(F)c2)cc1C. The molecular weight excluding hydrogens is 234 g/mol. The molecular formula is C15H12F2O. The largest absolute Gasteiger partial charge is 0.289 e. The number of halogens is 2. The summed E-state index contributed by atoms with van der Waals surface area (Å²) in [5.41, 5.74) is 2.49. The lowest BCUT2D eigenvalue weighted by atomic mass is 9.99. The zero-order valence-electron chi connectivity index (χ0n) is 10.1. The van der Waals surface area contributed by atoms with Crippen LogP contribution in [0.1, 0.15) is 27.0 Å². The summed E-state index contributed by atoms with van der Waals surface area (Å²) in [4.78, 5) is 12.1. The van der Waals surface area contributed by atoms with Crippen molar-refractivity contribution in [3.05, 3.63) is 70.3 Å². The van der Waals surface area contributed by atoms with Crippen LogP contribution < -0.4 is 0 Å². The van der Waals surface area contributed by atoms with Crippen LogP contribution in [0.25, 0.3) is 0 Å². The van der Waals surface area contributed by atoms with Crippen molar-refractivity contribution in [1.82, 2.24) is 0 Å². The Kier molecular flexibility index (Phi) is 3.24. The van der Waals surface area contributed by atoms with Crippen LogP contribution in [0.3, 0.4) is 0 Å². The highest BCUT2D eigenvalue weighted by Crippen LogP contribution is 2.16. The summed E-state index contributed by atoms with van der Waals surface area (Å²) in [5.74, 6) is -1.87. The van der Waals surface area contributed by atoms with Gasteiger partial charge in [-0.3, -0.25) is 4.79 Å². The van der Waals surface area contributed by atoms with Crippen LogP contribution in [0.2, 0.25) is 0 Å². The minimum Gasteiger partial charge on any atom is -0.289 e. The van der Waals surface area contributed by atoms with Gasteiger partial charge in [-0.15, -0.1) is 0 Å². The number of benzene rings is 2. The Morgan fingerprint density at radius 3 is 2.00 bits per heavy atom. The van der Waals surface area contributed by atoms with Crippen molar-refractivity contribution >= 4 is 5.78 Å². The molecule has 0 aliphatic rings. The van der Waals surface area contributed by atoms with Crippen molar-refractivity contribution < 1.29 is 13.6 Å². The van der Waals surface area contributed by atoms with E-state index in [0.717, 1.165) is 29.3 Å².